The average Bonchev–Trinajstić information content (AvgIpc) is 2.70. The topological polar surface area (TPSA) is 38.8 Å². The smallest absolute Gasteiger partial charge is 0.337 e. The van der Waals surface area contributed by atoms with E-state index in [1.165, 1.54) is 12.8 Å². The van der Waals surface area contributed by atoms with E-state index in [4.69, 9.17) is 9.47 Å². The molecule has 0 aromatic heterocycles. The molecule has 0 saturated carbocycles. The lowest BCUT2D eigenvalue weighted by Crippen LogP contribution is -2.20. The van der Waals surface area contributed by atoms with Crippen molar-refractivity contribution in [2.45, 2.75) is 6.42 Å². The van der Waals surface area contributed by atoms with E-state index in [0.29, 0.717) is 12.2 Å². The van der Waals surface area contributed by atoms with Gasteiger partial charge in [-0.05, 0) is 53.6 Å². The van der Waals surface area contributed by atoms with Gasteiger partial charge >= 0.3 is 5.97 Å². The fraction of sp³-hybridized carbons (Fsp3) is 0.227. The molecular formula is C22H23NO3. The molecule has 0 fully saturated rings. The third-order valence-electron chi connectivity index (χ3n) is 4.34. The van der Waals surface area contributed by atoms with Crippen molar-refractivity contribution in [1.82, 2.24) is 0 Å². The zero-order valence-corrected chi connectivity index (χ0v) is 15.1. The van der Waals surface area contributed by atoms with Crippen molar-refractivity contribution in [3.63, 3.8) is 0 Å². The van der Waals surface area contributed by atoms with Crippen molar-refractivity contribution >= 4 is 22.4 Å². The molecule has 0 saturated heterocycles. The van der Waals surface area contributed by atoms with Crippen LogP contribution in [0.1, 0.15) is 16.8 Å². The number of ether oxygens (including phenoxy) is 2. The molecule has 0 unspecified atom stereocenters. The van der Waals surface area contributed by atoms with Crippen LogP contribution < -0.4 is 9.64 Å². The molecule has 0 radical (unpaired) electrons. The molecule has 4 heteroatoms. The highest BCUT2D eigenvalue weighted by Crippen LogP contribution is 2.22. The normalized spacial score (nSPS) is 10.5. The van der Waals surface area contributed by atoms with Crippen LogP contribution in [0.25, 0.3) is 10.8 Å². The average molecular weight is 349 g/mol. The van der Waals surface area contributed by atoms with Crippen LogP contribution >= 0.6 is 0 Å². The van der Waals surface area contributed by atoms with Gasteiger partial charge in [0.25, 0.3) is 0 Å². The van der Waals surface area contributed by atoms with Gasteiger partial charge in [0.1, 0.15) is 5.75 Å². The summed E-state index contributed by atoms with van der Waals surface area (Å²) in [6, 6.07) is 21.7. The summed E-state index contributed by atoms with van der Waals surface area (Å²) in [4.78, 5) is 13.8. The number of methoxy groups -OCH3 is 1. The lowest BCUT2D eigenvalue weighted by atomic mass is 10.1. The second-order valence-electron chi connectivity index (χ2n) is 6.17. The first-order valence-corrected chi connectivity index (χ1v) is 8.68. The molecule has 0 amide bonds. The van der Waals surface area contributed by atoms with Crippen LogP contribution in [0.15, 0.2) is 66.7 Å². The van der Waals surface area contributed by atoms with Crippen molar-refractivity contribution < 1.29 is 14.3 Å². The van der Waals surface area contributed by atoms with Gasteiger partial charge in [0.2, 0.25) is 0 Å². The highest BCUT2D eigenvalue weighted by molar-refractivity contribution is 5.95. The van der Waals surface area contributed by atoms with E-state index in [9.17, 15) is 4.79 Å². The van der Waals surface area contributed by atoms with Crippen LogP contribution in [0, 0.1) is 0 Å². The number of para-hydroxylation sites is 1. The van der Waals surface area contributed by atoms with Gasteiger partial charge in [-0.15, -0.1) is 0 Å². The van der Waals surface area contributed by atoms with Crippen LogP contribution in [0.3, 0.4) is 0 Å². The first kappa shape index (κ1) is 17.8. The molecule has 4 nitrogen and oxygen atoms in total. The number of benzene rings is 3. The van der Waals surface area contributed by atoms with E-state index in [-0.39, 0.29) is 5.97 Å². The third-order valence-corrected chi connectivity index (χ3v) is 4.34. The molecular weight excluding hydrogens is 326 g/mol. The Balaban J connectivity index is 1.55. The van der Waals surface area contributed by atoms with E-state index < -0.39 is 0 Å². The lowest BCUT2D eigenvalue weighted by molar-refractivity contribution is 0.0601. The molecule has 134 valence electrons. The Bertz CT molecular complexity index is 877. The largest absolute Gasteiger partial charge is 0.494 e. The van der Waals surface area contributed by atoms with E-state index in [1.807, 2.05) is 48.5 Å². The molecule has 0 aliphatic carbocycles. The molecule has 0 spiro atoms. The molecule has 0 heterocycles. The highest BCUT2D eigenvalue weighted by Gasteiger charge is 2.06. The molecule has 3 aromatic rings. The summed E-state index contributed by atoms with van der Waals surface area (Å²) in [6.07, 6.45) is 0.935. The maximum atomic E-state index is 11.6. The number of carbonyl (C=O) groups is 1. The zero-order valence-electron chi connectivity index (χ0n) is 15.1. The van der Waals surface area contributed by atoms with Crippen LogP contribution in [0.2, 0.25) is 0 Å². The van der Waals surface area contributed by atoms with Crippen molar-refractivity contribution in [3.8, 4) is 5.75 Å². The van der Waals surface area contributed by atoms with Gasteiger partial charge < -0.3 is 14.4 Å². The number of carbonyl (C=O) groups excluding carboxylic acids is 1. The summed E-state index contributed by atoms with van der Waals surface area (Å²) in [6.45, 7) is 1.59. The number of fused-ring (bicyclic) bond motifs is 1. The summed E-state index contributed by atoms with van der Waals surface area (Å²) in [5, 5.41) is 2.03. The van der Waals surface area contributed by atoms with Crippen molar-refractivity contribution in [3.05, 3.63) is 72.3 Å². The van der Waals surface area contributed by atoms with Gasteiger partial charge in [-0.2, -0.15) is 0 Å². The minimum Gasteiger partial charge on any atom is -0.494 e. The summed E-state index contributed by atoms with van der Waals surface area (Å²) in [7, 11) is 3.48. The molecule has 3 aromatic carbocycles. The number of esters is 1. The van der Waals surface area contributed by atoms with E-state index >= 15 is 0 Å². The quantitative estimate of drug-likeness (QED) is 0.464. The van der Waals surface area contributed by atoms with Gasteiger partial charge in [-0.3, -0.25) is 0 Å². The summed E-state index contributed by atoms with van der Waals surface area (Å²) in [5.74, 6) is 0.514. The summed E-state index contributed by atoms with van der Waals surface area (Å²) < 4.78 is 10.6. The lowest BCUT2D eigenvalue weighted by Gasteiger charge is -2.19. The first-order valence-electron chi connectivity index (χ1n) is 8.68. The van der Waals surface area contributed by atoms with Crippen LogP contribution in [-0.4, -0.2) is 33.3 Å². The fourth-order valence-corrected chi connectivity index (χ4v) is 2.86. The Morgan fingerprint density at radius 2 is 1.69 bits per heavy atom. The Kier molecular flexibility index (Phi) is 5.74. The van der Waals surface area contributed by atoms with Crippen LogP contribution in [-0.2, 0) is 4.74 Å². The van der Waals surface area contributed by atoms with Gasteiger partial charge in [-0.1, -0.05) is 30.3 Å². The standard InChI is InChI=1S/C22H23NO3/c1-23(20-7-4-3-5-8-20)13-6-14-26-21-12-11-17-15-19(22(24)25-2)10-9-18(17)16-21/h3-5,7-12,15-16H,6,13-14H2,1-2H3. The van der Waals surface area contributed by atoms with Gasteiger partial charge in [-0.25, -0.2) is 4.79 Å². The number of nitrogens with zero attached hydrogens (tertiary/aromatic N) is 1. The molecule has 0 bridgehead atoms. The molecule has 26 heavy (non-hydrogen) atoms. The maximum absolute atomic E-state index is 11.6. The second kappa shape index (κ2) is 8.39. The Hall–Kier alpha value is -3.01. The predicted octanol–water partition coefficient (Wildman–Crippen LogP) is 4.53. The molecule has 0 aliphatic rings. The fourth-order valence-electron chi connectivity index (χ4n) is 2.86. The van der Waals surface area contributed by atoms with Crippen LogP contribution in [0.5, 0.6) is 5.75 Å². The summed E-state index contributed by atoms with van der Waals surface area (Å²) >= 11 is 0. The first-order chi connectivity index (χ1) is 12.7. The molecule has 0 atom stereocenters. The Labute approximate surface area is 154 Å². The minimum absolute atomic E-state index is 0.324. The third kappa shape index (κ3) is 4.33. The SMILES string of the molecule is COC(=O)c1ccc2cc(OCCCN(C)c3ccccc3)ccc2c1. The van der Waals surface area contributed by atoms with Gasteiger partial charge in [0.15, 0.2) is 0 Å². The summed E-state index contributed by atoms with van der Waals surface area (Å²) in [5.41, 5.74) is 1.76. The number of hydrogen-bond acceptors (Lipinski definition) is 4. The van der Waals surface area contributed by atoms with Gasteiger partial charge in [0.05, 0.1) is 19.3 Å². The molecule has 0 aliphatic heterocycles. The molecule has 3 rings (SSSR count). The zero-order chi connectivity index (χ0) is 18.4. The van der Waals surface area contributed by atoms with E-state index in [2.05, 4.69) is 24.1 Å². The van der Waals surface area contributed by atoms with Gasteiger partial charge in [0, 0.05) is 19.3 Å². The Morgan fingerprint density at radius 1 is 0.962 bits per heavy atom. The van der Waals surface area contributed by atoms with Crippen molar-refractivity contribution in [1.29, 1.82) is 0 Å². The maximum Gasteiger partial charge on any atom is 0.337 e. The van der Waals surface area contributed by atoms with E-state index in [0.717, 1.165) is 29.5 Å². The van der Waals surface area contributed by atoms with E-state index in [1.54, 1.807) is 6.07 Å². The van der Waals surface area contributed by atoms with Crippen molar-refractivity contribution in [2.24, 2.45) is 0 Å². The highest BCUT2D eigenvalue weighted by atomic mass is 16.5. The number of anilines is 1. The monoisotopic (exact) mass is 349 g/mol. The number of hydrogen-bond donors (Lipinski definition) is 0. The number of rotatable bonds is 7. The molecule has 0 N–H and O–H groups in total. The Morgan fingerprint density at radius 3 is 2.46 bits per heavy atom. The second-order valence-corrected chi connectivity index (χ2v) is 6.17. The van der Waals surface area contributed by atoms with Crippen molar-refractivity contribution in [2.75, 3.05) is 32.2 Å². The predicted molar refractivity (Wildman–Crippen MR) is 105 cm³/mol. The minimum atomic E-state index is -0.324. The van der Waals surface area contributed by atoms with Crippen LogP contribution in [0.4, 0.5) is 5.69 Å².